The molecule has 154 valence electrons. The highest BCUT2D eigenvalue weighted by Gasteiger charge is 2.39. The zero-order valence-electron chi connectivity index (χ0n) is 17.6. The number of anilines is 1. The van der Waals surface area contributed by atoms with Gasteiger partial charge in [-0.05, 0) is 65.3 Å². The summed E-state index contributed by atoms with van der Waals surface area (Å²) >= 11 is 0. The van der Waals surface area contributed by atoms with Crippen LogP contribution in [0.1, 0.15) is 49.8 Å². The molecule has 0 aromatic heterocycles. The van der Waals surface area contributed by atoms with Crippen LogP contribution in [0.15, 0.2) is 66.7 Å². The van der Waals surface area contributed by atoms with Crippen LogP contribution in [-0.4, -0.2) is 11.7 Å². The lowest BCUT2D eigenvalue weighted by molar-refractivity contribution is 0.288. The van der Waals surface area contributed by atoms with Crippen LogP contribution in [0.2, 0.25) is 0 Å². The number of hydrogen-bond donors (Lipinski definition) is 2. The molecule has 3 unspecified atom stereocenters. The Morgan fingerprint density at radius 1 is 1.10 bits per heavy atom. The molecule has 2 N–H and O–H groups in total. The molecule has 2 aliphatic rings. The third-order valence-corrected chi connectivity index (χ3v) is 6.56. The Morgan fingerprint density at radius 2 is 1.97 bits per heavy atom. The van der Waals surface area contributed by atoms with Crippen LogP contribution >= 0.6 is 0 Å². The predicted octanol–water partition coefficient (Wildman–Crippen LogP) is 6.80. The lowest BCUT2D eigenvalue weighted by atomic mass is 9.76. The molecule has 30 heavy (non-hydrogen) atoms. The molecular weight excluding hydrogens is 370 g/mol. The molecule has 0 saturated carbocycles. The molecule has 3 nitrogen and oxygen atoms in total. The second kappa shape index (κ2) is 7.71. The number of rotatable bonds is 5. The van der Waals surface area contributed by atoms with E-state index in [1.165, 1.54) is 5.56 Å². The van der Waals surface area contributed by atoms with Gasteiger partial charge in [0.05, 0.1) is 12.6 Å². The van der Waals surface area contributed by atoms with Gasteiger partial charge in [0, 0.05) is 17.2 Å². The van der Waals surface area contributed by atoms with Crippen LogP contribution in [0, 0.1) is 11.8 Å². The summed E-state index contributed by atoms with van der Waals surface area (Å²) < 4.78 is 6.03. The van der Waals surface area contributed by atoms with Crippen LogP contribution in [0.5, 0.6) is 11.5 Å². The molecule has 3 atom stereocenters. The van der Waals surface area contributed by atoms with Gasteiger partial charge in [-0.1, -0.05) is 56.3 Å². The van der Waals surface area contributed by atoms with Crippen molar-refractivity contribution in [2.24, 2.45) is 11.8 Å². The fourth-order valence-corrected chi connectivity index (χ4v) is 4.97. The fraction of sp³-hybridized carbons (Fsp3) is 0.333. The van der Waals surface area contributed by atoms with Crippen LogP contribution < -0.4 is 10.1 Å². The van der Waals surface area contributed by atoms with E-state index in [-0.39, 0.29) is 6.04 Å². The standard InChI is InChI=1S/C27H29NO2/c1-17(2)14-15-30-19-11-12-24-23(16-19)21-8-5-9-22(21)27(28-24)26-20-7-4-3-6-18(20)10-13-25(26)29/h3-8,10-13,16-17,21-22,27-29H,9,14-15H2,1-2H3. The Balaban J connectivity index is 1.52. The van der Waals surface area contributed by atoms with Crippen molar-refractivity contribution in [3.05, 3.63) is 77.9 Å². The molecule has 1 aliphatic heterocycles. The second-order valence-electron chi connectivity index (χ2n) is 8.98. The molecule has 0 radical (unpaired) electrons. The van der Waals surface area contributed by atoms with E-state index < -0.39 is 0 Å². The van der Waals surface area contributed by atoms with Crippen molar-refractivity contribution in [1.29, 1.82) is 0 Å². The van der Waals surface area contributed by atoms with E-state index in [0.29, 0.717) is 23.5 Å². The highest BCUT2D eigenvalue weighted by molar-refractivity contribution is 5.89. The van der Waals surface area contributed by atoms with Gasteiger partial charge in [0.25, 0.3) is 0 Å². The summed E-state index contributed by atoms with van der Waals surface area (Å²) in [7, 11) is 0. The Morgan fingerprint density at radius 3 is 2.83 bits per heavy atom. The second-order valence-corrected chi connectivity index (χ2v) is 8.98. The quantitative estimate of drug-likeness (QED) is 0.464. The zero-order chi connectivity index (χ0) is 20.7. The summed E-state index contributed by atoms with van der Waals surface area (Å²) in [5.74, 6) is 2.66. The highest BCUT2D eigenvalue weighted by Crippen LogP contribution is 2.52. The number of phenols is 1. The molecule has 0 amide bonds. The third kappa shape index (κ3) is 3.32. The van der Waals surface area contributed by atoms with Gasteiger partial charge in [0.1, 0.15) is 11.5 Å². The molecule has 5 rings (SSSR count). The number of aromatic hydroxyl groups is 1. The highest BCUT2D eigenvalue weighted by atomic mass is 16.5. The van der Waals surface area contributed by atoms with Crippen molar-refractivity contribution >= 4 is 16.5 Å². The van der Waals surface area contributed by atoms with Crippen molar-refractivity contribution in [1.82, 2.24) is 0 Å². The van der Waals surface area contributed by atoms with Crippen molar-refractivity contribution in [3.8, 4) is 11.5 Å². The van der Waals surface area contributed by atoms with E-state index in [9.17, 15) is 5.11 Å². The number of phenolic OH excluding ortho intramolecular Hbond substituents is 1. The van der Waals surface area contributed by atoms with E-state index in [1.807, 2.05) is 24.3 Å². The number of fused-ring (bicyclic) bond motifs is 4. The van der Waals surface area contributed by atoms with Crippen molar-refractivity contribution in [2.75, 3.05) is 11.9 Å². The van der Waals surface area contributed by atoms with Crippen molar-refractivity contribution < 1.29 is 9.84 Å². The first-order valence-corrected chi connectivity index (χ1v) is 11.0. The van der Waals surface area contributed by atoms with Gasteiger partial charge in [0.2, 0.25) is 0 Å². The van der Waals surface area contributed by atoms with Crippen LogP contribution in [0.3, 0.4) is 0 Å². The lowest BCUT2D eigenvalue weighted by Crippen LogP contribution is -2.29. The minimum atomic E-state index is 0.0660. The van der Waals surface area contributed by atoms with Gasteiger partial charge in [-0.3, -0.25) is 0 Å². The summed E-state index contributed by atoms with van der Waals surface area (Å²) in [5, 5.41) is 16.9. The third-order valence-electron chi connectivity index (χ3n) is 6.56. The molecular formula is C27H29NO2. The van der Waals surface area contributed by atoms with Gasteiger partial charge in [0.15, 0.2) is 0 Å². The van der Waals surface area contributed by atoms with E-state index in [2.05, 4.69) is 61.6 Å². The summed E-state index contributed by atoms with van der Waals surface area (Å²) in [5.41, 5.74) is 3.44. The molecule has 1 heterocycles. The Kier molecular flexibility index (Phi) is 4.90. The normalized spacial score (nSPS) is 22.0. The predicted molar refractivity (Wildman–Crippen MR) is 123 cm³/mol. The average molecular weight is 400 g/mol. The number of benzene rings is 3. The van der Waals surface area contributed by atoms with E-state index in [1.54, 1.807) is 0 Å². The van der Waals surface area contributed by atoms with E-state index in [0.717, 1.165) is 47.2 Å². The lowest BCUT2D eigenvalue weighted by Gasteiger charge is -2.38. The summed E-state index contributed by atoms with van der Waals surface area (Å²) in [4.78, 5) is 0. The molecule has 0 spiro atoms. The molecule has 3 aromatic carbocycles. The minimum Gasteiger partial charge on any atom is -0.508 e. The number of allylic oxidation sites excluding steroid dienone is 2. The molecule has 0 saturated heterocycles. The number of ether oxygens (including phenoxy) is 1. The van der Waals surface area contributed by atoms with Crippen molar-refractivity contribution in [2.45, 2.75) is 38.6 Å². The average Bonchev–Trinajstić information content (AvgIpc) is 3.24. The first-order chi connectivity index (χ1) is 14.6. The minimum absolute atomic E-state index is 0.0660. The van der Waals surface area contributed by atoms with Gasteiger partial charge in [-0.15, -0.1) is 0 Å². The summed E-state index contributed by atoms with van der Waals surface area (Å²) in [6.07, 6.45) is 6.68. The maximum absolute atomic E-state index is 10.8. The molecule has 3 aromatic rings. The Bertz CT molecular complexity index is 1100. The van der Waals surface area contributed by atoms with Gasteiger partial charge < -0.3 is 15.2 Å². The van der Waals surface area contributed by atoms with Gasteiger partial charge in [-0.2, -0.15) is 0 Å². The Hall–Kier alpha value is -2.94. The van der Waals surface area contributed by atoms with Crippen LogP contribution in [0.25, 0.3) is 10.8 Å². The summed E-state index contributed by atoms with van der Waals surface area (Å²) in [6, 6.07) is 18.6. The Labute approximate surface area is 178 Å². The SMILES string of the molecule is CC(C)CCOc1ccc2c(c1)C1C=CCC1C(c1c(O)ccc3ccccc13)N2. The summed E-state index contributed by atoms with van der Waals surface area (Å²) in [6.45, 7) is 5.19. The zero-order valence-corrected chi connectivity index (χ0v) is 17.6. The fourth-order valence-electron chi connectivity index (χ4n) is 4.97. The molecule has 0 fully saturated rings. The molecule has 0 bridgehead atoms. The van der Waals surface area contributed by atoms with Crippen LogP contribution in [-0.2, 0) is 0 Å². The number of nitrogens with one attached hydrogen (secondary N) is 1. The monoisotopic (exact) mass is 399 g/mol. The maximum atomic E-state index is 10.8. The largest absolute Gasteiger partial charge is 0.508 e. The maximum Gasteiger partial charge on any atom is 0.121 e. The number of hydrogen-bond acceptors (Lipinski definition) is 3. The van der Waals surface area contributed by atoms with E-state index in [4.69, 9.17) is 4.74 Å². The van der Waals surface area contributed by atoms with Crippen molar-refractivity contribution in [3.63, 3.8) is 0 Å². The topological polar surface area (TPSA) is 41.5 Å². The smallest absolute Gasteiger partial charge is 0.121 e. The van der Waals surface area contributed by atoms with Crippen LogP contribution in [0.4, 0.5) is 5.69 Å². The molecule has 3 heteroatoms. The van der Waals surface area contributed by atoms with Gasteiger partial charge >= 0.3 is 0 Å². The van der Waals surface area contributed by atoms with E-state index >= 15 is 0 Å². The first kappa shape index (κ1) is 19.0. The van der Waals surface area contributed by atoms with Gasteiger partial charge in [-0.25, -0.2) is 0 Å². The molecule has 1 aliphatic carbocycles. The first-order valence-electron chi connectivity index (χ1n) is 11.0.